The van der Waals surface area contributed by atoms with Crippen molar-refractivity contribution in [1.29, 1.82) is 0 Å². The van der Waals surface area contributed by atoms with Crippen molar-refractivity contribution in [3.8, 4) is 11.5 Å². The third-order valence-corrected chi connectivity index (χ3v) is 2.96. The largest absolute Gasteiger partial charge is 0.454 e. The number of fused-ring (bicyclic) bond motifs is 1. The molecule has 0 atom stereocenters. The molecule has 14 heavy (non-hydrogen) atoms. The second-order valence-electron chi connectivity index (χ2n) is 2.66. The quantitative estimate of drug-likeness (QED) is 0.665. The normalized spacial score (nSPS) is 14.0. The summed E-state index contributed by atoms with van der Waals surface area (Å²) in [5.74, 6) is 0.822. The van der Waals surface area contributed by atoms with E-state index in [1.807, 2.05) is 0 Å². The first kappa shape index (κ1) is 9.01. The molecular weight excluding hydrogens is 208 g/mol. The molecule has 0 spiro atoms. The van der Waals surface area contributed by atoms with Crippen LogP contribution in [0, 0.1) is 0 Å². The second kappa shape index (κ2) is 2.98. The summed E-state index contributed by atoms with van der Waals surface area (Å²) in [6.45, 7) is 0.0694. The third-order valence-electron chi connectivity index (χ3n) is 1.80. The topological polar surface area (TPSA) is 69.7 Å². The molecule has 1 aliphatic rings. The monoisotopic (exact) mass is 214 g/mol. The lowest BCUT2D eigenvalue weighted by Gasteiger charge is -1.98. The van der Waals surface area contributed by atoms with Crippen LogP contribution in [0.1, 0.15) is 0 Å². The van der Waals surface area contributed by atoms with Gasteiger partial charge in [0.05, 0.1) is 4.90 Å². The van der Waals surface area contributed by atoms with Crippen LogP contribution in [0.5, 0.6) is 11.5 Å². The number of rotatable bonds is 2. The van der Waals surface area contributed by atoms with Crippen molar-refractivity contribution in [3.63, 3.8) is 0 Å². The summed E-state index contributed by atoms with van der Waals surface area (Å²) in [6.07, 6.45) is 0. The summed E-state index contributed by atoms with van der Waals surface area (Å²) >= 11 is 0. The summed E-state index contributed by atoms with van der Waals surface area (Å²) in [5.41, 5.74) is -0.0927. The molecule has 0 aliphatic carbocycles. The standard InChI is InChI=1S/C8H6O5S/c9-4-14(10,11)6-1-2-7-8(3-6)13-5-12-7/h1-4H,5H2. The maximum atomic E-state index is 11.1. The highest BCUT2D eigenvalue weighted by molar-refractivity contribution is 8.04. The van der Waals surface area contributed by atoms with Crippen molar-refractivity contribution >= 4 is 15.5 Å². The van der Waals surface area contributed by atoms with Crippen LogP contribution in [0.4, 0.5) is 0 Å². The van der Waals surface area contributed by atoms with Gasteiger partial charge in [-0.25, -0.2) is 8.42 Å². The highest BCUT2D eigenvalue weighted by Gasteiger charge is 2.19. The summed E-state index contributed by atoms with van der Waals surface area (Å²) in [7, 11) is -3.84. The molecule has 0 aromatic heterocycles. The van der Waals surface area contributed by atoms with Gasteiger partial charge in [0.1, 0.15) is 0 Å². The second-order valence-corrected chi connectivity index (χ2v) is 4.41. The fourth-order valence-electron chi connectivity index (χ4n) is 1.11. The van der Waals surface area contributed by atoms with Gasteiger partial charge < -0.3 is 9.47 Å². The highest BCUT2D eigenvalue weighted by Crippen LogP contribution is 2.33. The minimum absolute atomic E-state index is 0.0694. The molecule has 6 heteroatoms. The Bertz CT molecular complexity index is 477. The molecule has 2 rings (SSSR count). The van der Waals surface area contributed by atoms with Gasteiger partial charge >= 0.3 is 0 Å². The molecule has 0 radical (unpaired) electrons. The van der Waals surface area contributed by atoms with E-state index in [1.54, 1.807) is 0 Å². The number of ether oxygens (including phenoxy) is 2. The third kappa shape index (κ3) is 1.33. The molecule has 0 unspecified atom stereocenters. The number of hydrogen-bond donors (Lipinski definition) is 0. The molecule has 0 N–H and O–H groups in total. The Labute approximate surface area is 80.2 Å². The van der Waals surface area contributed by atoms with E-state index in [0.717, 1.165) is 0 Å². The van der Waals surface area contributed by atoms with Gasteiger partial charge in [-0.3, -0.25) is 4.79 Å². The van der Waals surface area contributed by atoms with E-state index in [0.29, 0.717) is 11.5 Å². The Morgan fingerprint density at radius 1 is 1.21 bits per heavy atom. The van der Waals surface area contributed by atoms with Crippen molar-refractivity contribution < 1.29 is 22.7 Å². The Hall–Kier alpha value is -1.56. The fraction of sp³-hybridized carbons (Fsp3) is 0.125. The molecule has 5 nitrogen and oxygen atoms in total. The molecule has 0 bridgehead atoms. The zero-order valence-electron chi connectivity index (χ0n) is 6.97. The first-order valence-corrected chi connectivity index (χ1v) is 5.28. The van der Waals surface area contributed by atoms with Crippen LogP contribution >= 0.6 is 0 Å². The minimum Gasteiger partial charge on any atom is -0.454 e. The SMILES string of the molecule is O=CS(=O)(=O)c1ccc2c(c1)OCO2. The van der Waals surface area contributed by atoms with Crippen molar-refractivity contribution in [1.82, 2.24) is 0 Å². The van der Waals surface area contributed by atoms with Crippen LogP contribution in [0.25, 0.3) is 0 Å². The molecule has 0 fully saturated rings. The van der Waals surface area contributed by atoms with Gasteiger partial charge in [0.25, 0.3) is 0 Å². The maximum Gasteiger partial charge on any atom is 0.238 e. The van der Waals surface area contributed by atoms with Gasteiger partial charge in [-0.2, -0.15) is 0 Å². The lowest BCUT2D eigenvalue weighted by atomic mass is 10.3. The summed E-state index contributed by atoms with van der Waals surface area (Å²) in [5, 5.41) is 0. The zero-order valence-corrected chi connectivity index (χ0v) is 7.78. The van der Waals surface area contributed by atoms with E-state index in [-0.39, 0.29) is 17.3 Å². The van der Waals surface area contributed by atoms with Crippen LogP contribution in [0.3, 0.4) is 0 Å². The molecule has 0 saturated heterocycles. The van der Waals surface area contributed by atoms with Crippen LogP contribution in [0.2, 0.25) is 0 Å². The average molecular weight is 214 g/mol. The first-order chi connectivity index (χ1) is 6.63. The summed E-state index contributed by atoms with van der Waals surface area (Å²) < 4.78 is 32.2. The lowest BCUT2D eigenvalue weighted by Crippen LogP contribution is -2.00. The Kier molecular flexibility index (Phi) is 1.92. The summed E-state index contributed by atoms with van der Waals surface area (Å²) in [6, 6.07) is 4.03. The van der Waals surface area contributed by atoms with E-state index < -0.39 is 9.84 Å². The lowest BCUT2D eigenvalue weighted by molar-refractivity contribution is 0.174. The average Bonchev–Trinajstić information content (AvgIpc) is 2.64. The van der Waals surface area contributed by atoms with Gasteiger partial charge in [0.15, 0.2) is 11.5 Å². The molecule has 1 heterocycles. The van der Waals surface area contributed by atoms with E-state index >= 15 is 0 Å². The van der Waals surface area contributed by atoms with Crippen LogP contribution in [-0.2, 0) is 14.6 Å². The van der Waals surface area contributed by atoms with Crippen molar-refractivity contribution in [2.45, 2.75) is 4.90 Å². The molecule has 0 amide bonds. The smallest absolute Gasteiger partial charge is 0.238 e. The van der Waals surface area contributed by atoms with Gasteiger partial charge in [0, 0.05) is 6.07 Å². The molecule has 1 aliphatic heterocycles. The van der Waals surface area contributed by atoms with Gasteiger partial charge in [-0.05, 0) is 12.1 Å². The van der Waals surface area contributed by atoms with Crippen molar-refractivity contribution in [2.24, 2.45) is 0 Å². The van der Waals surface area contributed by atoms with Gasteiger partial charge in [-0.1, -0.05) is 0 Å². The van der Waals surface area contributed by atoms with Crippen LogP contribution in [-0.4, -0.2) is 20.8 Å². The number of carbonyl (C=O) groups is 1. The zero-order chi connectivity index (χ0) is 10.2. The van der Waals surface area contributed by atoms with Crippen molar-refractivity contribution in [2.75, 3.05) is 6.79 Å². The Morgan fingerprint density at radius 2 is 1.93 bits per heavy atom. The number of sulfone groups is 1. The van der Waals surface area contributed by atoms with Crippen LogP contribution < -0.4 is 9.47 Å². The maximum absolute atomic E-state index is 11.1. The number of hydrogen-bond acceptors (Lipinski definition) is 5. The van der Waals surface area contributed by atoms with Crippen molar-refractivity contribution in [3.05, 3.63) is 18.2 Å². The Morgan fingerprint density at radius 3 is 2.64 bits per heavy atom. The molecule has 1 aromatic rings. The first-order valence-electron chi connectivity index (χ1n) is 3.73. The molecular formula is C8H6O5S. The highest BCUT2D eigenvalue weighted by atomic mass is 32.2. The van der Waals surface area contributed by atoms with Gasteiger partial charge in [0.2, 0.25) is 22.2 Å². The molecule has 1 aromatic carbocycles. The number of carbonyl (C=O) groups excluding carboxylic acids is 1. The van der Waals surface area contributed by atoms with E-state index in [4.69, 9.17) is 9.47 Å². The minimum atomic E-state index is -3.84. The van der Waals surface area contributed by atoms with E-state index in [9.17, 15) is 13.2 Å². The van der Waals surface area contributed by atoms with E-state index in [2.05, 4.69) is 0 Å². The summed E-state index contributed by atoms with van der Waals surface area (Å²) in [4.78, 5) is 10.2. The Balaban J connectivity index is 2.53. The molecule has 0 saturated carbocycles. The van der Waals surface area contributed by atoms with Crippen LogP contribution in [0.15, 0.2) is 23.1 Å². The fourth-order valence-corrected chi connectivity index (χ4v) is 1.75. The number of benzene rings is 1. The predicted molar refractivity (Wildman–Crippen MR) is 46.5 cm³/mol. The van der Waals surface area contributed by atoms with E-state index in [1.165, 1.54) is 18.2 Å². The molecule has 74 valence electrons. The van der Waals surface area contributed by atoms with Gasteiger partial charge in [-0.15, -0.1) is 0 Å². The predicted octanol–water partition coefficient (Wildman–Crippen LogP) is 0.379.